The van der Waals surface area contributed by atoms with E-state index in [9.17, 15) is 0 Å². The van der Waals surface area contributed by atoms with Gasteiger partial charge >= 0.3 is 0 Å². The molecule has 1 aromatic heterocycles. The molecule has 0 aliphatic heterocycles. The van der Waals surface area contributed by atoms with Gasteiger partial charge in [0.15, 0.2) is 5.76 Å². The second-order valence-corrected chi connectivity index (χ2v) is 3.84. The quantitative estimate of drug-likeness (QED) is 0.786. The van der Waals surface area contributed by atoms with Crippen molar-refractivity contribution in [2.24, 2.45) is 0 Å². The molecule has 0 radical (unpaired) electrons. The summed E-state index contributed by atoms with van der Waals surface area (Å²) in [6.45, 7) is 0. The highest BCUT2D eigenvalue weighted by atomic mass is 35.5. The van der Waals surface area contributed by atoms with Crippen molar-refractivity contribution in [2.45, 2.75) is 5.88 Å². The molecule has 1 aromatic carbocycles. The van der Waals surface area contributed by atoms with Crippen molar-refractivity contribution in [1.29, 1.82) is 0 Å². The molecular formula is C11H9Cl2NO2. The first-order chi connectivity index (χ1) is 7.74. The van der Waals surface area contributed by atoms with Crippen molar-refractivity contribution in [3.63, 3.8) is 0 Å². The number of benzene rings is 1. The molecule has 2 aromatic rings. The minimum Gasteiger partial charge on any atom is -0.495 e. The van der Waals surface area contributed by atoms with E-state index in [1.807, 2.05) is 6.07 Å². The molecule has 0 fully saturated rings. The molecule has 3 nitrogen and oxygen atoms in total. The Morgan fingerprint density at radius 2 is 2.19 bits per heavy atom. The second kappa shape index (κ2) is 4.76. The number of methoxy groups -OCH3 is 1. The van der Waals surface area contributed by atoms with E-state index in [2.05, 4.69) is 5.16 Å². The fraction of sp³-hybridized carbons (Fsp3) is 0.182. The molecule has 84 valence electrons. The molecule has 0 atom stereocenters. The van der Waals surface area contributed by atoms with Crippen LogP contribution in [0.2, 0.25) is 5.02 Å². The number of hydrogen-bond donors (Lipinski definition) is 0. The Balaban J connectivity index is 2.37. The SMILES string of the molecule is COc1ccc(-c2cc(CCl)no2)cc1Cl. The molecule has 2 rings (SSSR count). The monoisotopic (exact) mass is 257 g/mol. The van der Waals surface area contributed by atoms with Crippen LogP contribution in [0.4, 0.5) is 0 Å². The second-order valence-electron chi connectivity index (χ2n) is 3.17. The zero-order chi connectivity index (χ0) is 11.5. The molecule has 0 aliphatic rings. The van der Waals surface area contributed by atoms with Crippen molar-refractivity contribution < 1.29 is 9.26 Å². The van der Waals surface area contributed by atoms with Crippen molar-refractivity contribution >= 4 is 23.2 Å². The largest absolute Gasteiger partial charge is 0.495 e. The maximum Gasteiger partial charge on any atom is 0.167 e. The van der Waals surface area contributed by atoms with Crippen LogP contribution in [-0.2, 0) is 5.88 Å². The summed E-state index contributed by atoms with van der Waals surface area (Å²) in [6, 6.07) is 7.17. The van der Waals surface area contributed by atoms with Crippen molar-refractivity contribution in [1.82, 2.24) is 5.16 Å². The molecule has 1 heterocycles. The summed E-state index contributed by atoms with van der Waals surface area (Å²) in [5, 5.41) is 4.33. The van der Waals surface area contributed by atoms with Gasteiger partial charge in [-0.3, -0.25) is 0 Å². The Labute approximate surface area is 103 Å². The molecule has 0 saturated heterocycles. The molecular weight excluding hydrogens is 249 g/mol. The lowest BCUT2D eigenvalue weighted by molar-refractivity contribution is 0.414. The normalized spacial score (nSPS) is 10.4. The third-order valence-corrected chi connectivity index (χ3v) is 2.70. The predicted molar refractivity (Wildman–Crippen MR) is 63.1 cm³/mol. The summed E-state index contributed by atoms with van der Waals surface area (Å²) in [4.78, 5) is 0. The highest BCUT2D eigenvalue weighted by molar-refractivity contribution is 6.32. The summed E-state index contributed by atoms with van der Waals surface area (Å²) < 4.78 is 10.2. The Hall–Kier alpha value is -1.19. The molecule has 0 bridgehead atoms. The highest BCUT2D eigenvalue weighted by Crippen LogP contribution is 2.30. The van der Waals surface area contributed by atoms with E-state index in [4.69, 9.17) is 32.5 Å². The first kappa shape index (κ1) is 11.3. The third-order valence-electron chi connectivity index (χ3n) is 2.13. The Morgan fingerprint density at radius 1 is 1.38 bits per heavy atom. The average Bonchev–Trinajstić information content (AvgIpc) is 2.77. The topological polar surface area (TPSA) is 35.3 Å². The Morgan fingerprint density at radius 3 is 2.75 bits per heavy atom. The van der Waals surface area contributed by atoms with Crippen LogP contribution in [0.1, 0.15) is 5.69 Å². The molecule has 0 spiro atoms. The zero-order valence-electron chi connectivity index (χ0n) is 8.54. The van der Waals surface area contributed by atoms with Gasteiger partial charge in [-0.1, -0.05) is 16.8 Å². The van der Waals surface area contributed by atoms with Gasteiger partial charge in [-0.05, 0) is 18.2 Å². The van der Waals surface area contributed by atoms with Gasteiger partial charge in [-0.15, -0.1) is 11.6 Å². The van der Waals surface area contributed by atoms with E-state index in [0.717, 1.165) is 5.56 Å². The van der Waals surface area contributed by atoms with E-state index < -0.39 is 0 Å². The van der Waals surface area contributed by atoms with Gasteiger partial charge in [0.25, 0.3) is 0 Å². The number of ether oxygens (including phenoxy) is 1. The molecule has 0 saturated carbocycles. The van der Waals surface area contributed by atoms with E-state index in [1.165, 1.54) is 0 Å². The molecule has 0 unspecified atom stereocenters. The number of rotatable bonds is 3. The van der Waals surface area contributed by atoms with Crippen LogP contribution in [0, 0.1) is 0 Å². The molecule has 5 heteroatoms. The fourth-order valence-corrected chi connectivity index (χ4v) is 1.71. The van der Waals surface area contributed by atoms with Crippen LogP contribution < -0.4 is 4.74 Å². The fourth-order valence-electron chi connectivity index (χ4n) is 1.33. The number of halogens is 2. The van der Waals surface area contributed by atoms with E-state index in [-0.39, 0.29) is 0 Å². The first-order valence-electron chi connectivity index (χ1n) is 4.60. The molecule has 0 N–H and O–H groups in total. The van der Waals surface area contributed by atoms with Gasteiger partial charge in [-0.25, -0.2) is 0 Å². The van der Waals surface area contributed by atoms with Gasteiger partial charge in [0.1, 0.15) is 5.75 Å². The maximum atomic E-state index is 6.01. The lowest BCUT2D eigenvalue weighted by atomic mass is 10.1. The standard InChI is InChI=1S/C11H9Cl2NO2/c1-15-10-3-2-7(4-9(10)13)11-5-8(6-12)14-16-11/h2-5H,6H2,1H3. The summed E-state index contributed by atoms with van der Waals surface area (Å²) in [5.41, 5.74) is 1.54. The minimum atomic E-state index is 0.327. The number of aromatic nitrogens is 1. The predicted octanol–water partition coefficient (Wildman–Crippen LogP) is 3.74. The van der Waals surface area contributed by atoms with Crippen LogP contribution in [-0.4, -0.2) is 12.3 Å². The summed E-state index contributed by atoms with van der Waals surface area (Å²) in [5.74, 6) is 1.59. The van der Waals surface area contributed by atoms with Crippen molar-refractivity contribution in [3.8, 4) is 17.1 Å². The van der Waals surface area contributed by atoms with Crippen molar-refractivity contribution in [2.75, 3.05) is 7.11 Å². The first-order valence-corrected chi connectivity index (χ1v) is 5.51. The van der Waals surface area contributed by atoms with Crippen LogP contribution in [0.15, 0.2) is 28.8 Å². The zero-order valence-corrected chi connectivity index (χ0v) is 10.0. The Bertz CT molecular complexity index is 496. The van der Waals surface area contributed by atoms with Crippen LogP contribution in [0.5, 0.6) is 5.75 Å². The Kier molecular flexibility index (Phi) is 3.36. The van der Waals surface area contributed by atoms with Gasteiger partial charge in [0.05, 0.1) is 23.7 Å². The number of hydrogen-bond acceptors (Lipinski definition) is 3. The maximum absolute atomic E-state index is 6.01. The summed E-state index contributed by atoms with van der Waals surface area (Å²) in [6.07, 6.45) is 0. The lowest BCUT2D eigenvalue weighted by Crippen LogP contribution is -1.84. The smallest absolute Gasteiger partial charge is 0.167 e. The van der Waals surface area contributed by atoms with E-state index in [0.29, 0.717) is 28.1 Å². The lowest BCUT2D eigenvalue weighted by Gasteiger charge is -2.03. The molecule has 0 aliphatic carbocycles. The highest BCUT2D eigenvalue weighted by Gasteiger charge is 2.08. The average molecular weight is 258 g/mol. The third kappa shape index (κ3) is 2.15. The minimum absolute atomic E-state index is 0.327. The van der Waals surface area contributed by atoms with Gasteiger partial charge in [0, 0.05) is 11.6 Å². The van der Waals surface area contributed by atoms with Gasteiger partial charge in [0.2, 0.25) is 0 Å². The van der Waals surface area contributed by atoms with Gasteiger partial charge < -0.3 is 9.26 Å². The van der Waals surface area contributed by atoms with E-state index >= 15 is 0 Å². The van der Waals surface area contributed by atoms with Gasteiger partial charge in [-0.2, -0.15) is 0 Å². The van der Waals surface area contributed by atoms with Crippen LogP contribution in [0.25, 0.3) is 11.3 Å². The molecule has 16 heavy (non-hydrogen) atoms. The number of alkyl halides is 1. The molecule has 0 amide bonds. The summed E-state index contributed by atoms with van der Waals surface area (Å²) >= 11 is 11.6. The number of nitrogens with zero attached hydrogens (tertiary/aromatic N) is 1. The summed E-state index contributed by atoms with van der Waals surface area (Å²) in [7, 11) is 1.57. The van der Waals surface area contributed by atoms with Crippen molar-refractivity contribution in [3.05, 3.63) is 35.0 Å². The van der Waals surface area contributed by atoms with Crippen LogP contribution >= 0.6 is 23.2 Å². The van der Waals surface area contributed by atoms with E-state index in [1.54, 1.807) is 25.3 Å². The van der Waals surface area contributed by atoms with Crippen LogP contribution in [0.3, 0.4) is 0 Å².